The molecule has 0 saturated heterocycles. The van der Waals surface area contributed by atoms with Gasteiger partial charge >= 0.3 is 6.09 Å². The number of rotatable bonds is 14. The minimum absolute atomic E-state index is 0.110. The van der Waals surface area contributed by atoms with Crippen molar-refractivity contribution in [1.82, 2.24) is 25.7 Å². The number of carbonyl (C=O) groups excluding carboxylic acids is 3. The normalized spacial score (nSPS) is 12.2. The molecule has 4 rings (SSSR count). The van der Waals surface area contributed by atoms with Gasteiger partial charge in [-0.05, 0) is 68.9 Å². The first-order chi connectivity index (χ1) is 21.3. The first-order valence-corrected chi connectivity index (χ1v) is 15.4. The zero-order chi connectivity index (χ0) is 31.3. The fraction of sp³-hybridized carbons (Fsp3) is 0.344. The fourth-order valence-corrected chi connectivity index (χ4v) is 5.22. The van der Waals surface area contributed by atoms with E-state index in [2.05, 4.69) is 36.3 Å². The van der Waals surface area contributed by atoms with E-state index in [0.29, 0.717) is 17.6 Å². The molecule has 0 radical (unpaired) electrons. The fourth-order valence-electron chi connectivity index (χ4n) is 4.43. The molecule has 230 valence electrons. The van der Waals surface area contributed by atoms with E-state index in [1.807, 2.05) is 74.5 Å². The van der Waals surface area contributed by atoms with Gasteiger partial charge in [-0.1, -0.05) is 65.9 Å². The van der Waals surface area contributed by atoms with E-state index >= 15 is 0 Å². The Kier molecular flexibility index (Phi) is 11.9. The number of amides is 3. The molecule has 2 aromatic heterocycles. The Bertz CT molecular complexity index is 1530. The molecule has 3 N–H and O–H groups in total. The predicted octanol–water partition coefficient (Wildman–Crippen LogP) is 5.62. The molecule has 0 saturated carbocycles. The minimum atomic E-state index is -0.479. The van der Waals surface area contributed by atoms with Crippen molar-refractivity contribution in [2.45, 2.75) is 64.8 Å². The quantitative estimate of drug-likeness (QED) is 0.155. The topological polar surface area (TPSA) is 148 Å². The second-order valence-electron chi connectivity index (χ2n) is 10.3. The van der Waals surface area contributed by atoms with Crippen LogP contribution in [-0.4, -0.2) is 44.9 Å². The molecule has 0 aliphatic rings. The third kappa shape index (κ3) is 9.94. The van der Waals surface area contributed by atoms with Crippen LogP contribution in [0.2, 0.25) is 0 Å². The lowest BCUT2D eigenvalue weighted by Gasteiger charge is -2.15. The van der Waals surface area contributed by atoms with Crippen LogP contribution >= 0.6 is 11.3 Å². The van der Waals surface area contributed by atoms with Crippen molar-refractivity contribution < 1.29 is 19.1 Å². The van der Waals surface area contributed by atoms with Crippen LogP contribution in [0.15, 0.2) is 66.7 Å². The Morgan fingerprint density at radius 3 is 2.36 bits per heavy atom. The molecule has 12 heteroatoms. The zero-order valence-electron chi connectivity index (χ0n) is 25.1. The van der Waals surface area contributed by atoms with Crippen LogP contribution in [0.4, 0.5) is 15.7 Å². The van der Waals surface area contributed by atoms with Crippen LogP contribution in [0, 0.1) is 0 Å². The predicted molar refractivity (Wildman–Crippen MR) is 169 cm³/mol. The molecule has 0 aliphatic heterocycles. The molecule has 0 spiro atoms. The number of hydrogen-bond acceptors (Lipinski definition) is 9. The minimum Gasteiger partial charge on any atom is -0.450 e. The van der Waals surface area contributed by atoms with Gasteiger partial charge in [0.15, 0.2) is 5.82 Å². The molecule has 2 atom stereocenters. The molecule has 2 unspecified atom stereocenters. The highest BCUT2D eigenvalue weighted by Crippen LogP contribution is 2.21. The number of nitrogens with one attached hydrogen (secondary N) is 3. The molecular formula is C32H37N7O4S. The summed E-state index contributed by atoms with van der Waals surface area (Å²) in [7, 11) is 0. The number of benzene rings is 2. The monoisotopic (exact) mass is 615 g/mol. The highest BCUT2D eigenvalue weighted by atomic mass is 32.1. The Labute approximate surface area is 260 Å². The Morgan fingerprint density at radius 2 is 1.61 bits per heavy atom. The highest BCUT2D eigenvalue weighted by Gasteiger charge is 2.17. The van der Waals surface area contributed by atoms with Crippen molar-refractivity contribution >= 4 is 40.2 Å². The first kappa shape index (κ1) is 32.2. The maximum absolute atomic E-state index is 12.6. The van der Waals surface area contributed by atoms with Crippen molar-refractivity contribution in [2.75, 3.05) is 17.2 Å². The number of hydrogen-bond donors (Lipinski definition) is 3. The van der Waals surface area contributed by atoms with Crippen molar-refractivity contribution in [1.29, 1.82) is 0 Å². The van der Waals surface area contributed by atoms with Crippen LogP contribution in [-0.2, 0) is 33.6 Å². The van der Waals surface area contributed by atoms with E-state index in [0.717, 1.165) is 53.1 Å². The van der Waals surface area contributed by atoms with E-state index in [-0.39, 0.29) is 30.2 Å². The number of aryl methyl sites for hydroxylation is 2. The maximum atomic E-state index is 12.6. The van der Waals surface area contributed by atoms with Gasteiger partial charge in [-0.25, -0.2) is 4.79 Å². The molecule has 2 aromatic carbocycles. The molecule has 0 bridgehead atoms. The Morgan fingerprint density at radius 1 is 0.841 bits per heavy atom. The van der Waals surface area contributed by atoms with Crippen LogP contribution in [0.25, 0.3) is 0 Å². The van der Waals surface area contributed by atoms with Gasteiger partial charge in [0.1, 0.15) is 5.01 Å². The molecule has 4 aromatic rings. The van der Waals surface area contributed by atoms with Gasteiger partial charge in [0.2, 0.25) is 16.9 Å². The average molecular weight is 616 g/mol. The molecule has 2 heterocycles. The average Bonchev–Trinajstić information content (AvgIpc) is 3.47. The van der Waals surface area contributed by atoms with Crippen LogP contribution in [0.1, 0.15) is 73.0 Å². The van der Waals surface area contributed by atoms with Gasteiger partial charge in [0.25, 0.3) is 0 Å². The third-order valence-electron chi connectivity index (χ3n) is 6.88. The van der Waals surface area contributed by atoms with Gasteiger partial charge in [0, 0.05) is 6.42 Å². The Balaban J connectivity index is 1.17. The molecule has 0 fully saturated rings. The largest absolute Gasteiger partial charge is 0.450 e. The van der Waals surface area contributed by atoms with Crippen molar-refractivity contribution in [3.63, 3.8) is 0 Å². The number of ether oxygens (including phenoxy) is 1. The molecule has 11 nitrogen and oxygen atoms in total. The maximum Gasteiger partial charge on any atom is 0.407 e. The highest BCUT2D eigenvalue weighted by molar-refractivity contribution is 7.15. The summed E-state index contributed by atoms with van der Waals surface area (Å²) in [4.78, 5) is 36.9. The lowest BCUT2D eigenvalue weighted by molar-refractivity contribution is -0.117. The number of aromatic nitrogens is 4. The van der Waals surface area contributed by atoms with Crippen molar-refractivity contribution in [3.05, 3.63) is 94.1 Å². The molecule has 3 amide bonds. The lowest BCUT2D eigenvalue weighted by Crippen LogP contribution is -2.27. The summed E-state index contributed by atoms with van der Waals surface area (Å²) in [5, 5.41) is 26.5. The number of anilines is 2. The molecule has 44 heavy (non-hydrogen) atoms. The summed E-state index contributed by atoms with van der Waals surface area (Å²) in [6.45, 7) is 5.77. The smallest absolute Gasteiger partial charge is 0.407 e. The second kappa shape index (κ2) is 16.2. The third-order valence-corrected chi connectivity index (χ3v) is 7.77. The SMILES string of the molecule is CCOC(=O)NC(C)c1cccc(CC(=O)Nc2ccc(CCCCc3nnc(NC(=O)C(C)c4ccccc4)s3)nn2)c1. The van der Waals surface area contributed by atoms with Crippen molar-refractivity contribution in [2.24, 2.45) is 0 Å². The van der Waals surface area contributed by atoms with Crippen LogP contribution in [0.5, 0.6) is 0 Å². The number of unbranched alkanes of at least 4 members (excludes halogenated alkanes) is 1. The van der Waals surface area contributed by atoms with E-state index in [9.17, 15) is 14.4 Å². The van der Waals surface area contributed by atoms with Gasteiger partial charge < -0.3 is 20.7 Å². The van der Waals surface area contributed by atoms with Gasteiger partial charge in [-0.2, -0.15) is 5.10 Å². The van der Waals surface area contributed by atoms with E-state index < -0.39 is 6.09 Å². The standard InChI is InChI=1S/C32H37N7O4S/c1-4-43-32(42)33-22(3)25-14-10-11-23(19-25)20-28(40)34-27-18-17-26(36-37-27)15-8-9-16-29-38-39-31(44-29)35-30(41)21(2)24-12-6-5-7-13-24/h5-7,10-14,17-19,21-22H,4,8-9,15-16,20H2,1-3H3,(H,33,42)(H,34,37,40)(H,35,39,41). The summed E-state index contributed by atoms with van der Waals surface area (Å²) < 4.78 is 4.93. The van der Waals surface area contributed by atoms with Crippen molar-refractivity contribution in [3.8, 4) is 0 Å². The summed E-state index contributed by atoms with van der Waals surface area (Å²) in [5.41, 5.74) is 3.47. The summed E-state index contributed by atoms with van der Waals surface area (Å²) in [5.74, 6) is -0.214. The number of alkyl carbamates (subject to hydrolysis) is 1. The number of nitrogens with zero attached hydrogens (tertiary/aromatic N) is 4. The van der Waals surface area contributed by atoms with E-state index in [1.54, 1.807) is 13.0 Å². The van der Waals surface area contributed by atoms with Gasteiger partial charge in [0.05, 0.1) is 30.7 Å². The Hall–Kier alpha value is -4.71. The summed E-state index contributed by atoms with van der Waals surface area (Å²) >= 11 is 1.39. The molecule has 0 aliphatic carbocycles. The molecular weight excluding hydrogens is 578 g/mol. The van der Waals surface area contributed by atoms with E-state index in [1.165, 1.54) is 11.3 Å². The summed E-state index contributed by atoms with van der Waals surface area (Å²) in [6.07, 6.45) is 2.94. The second-order valence-corrected chi connectivity index (χ2v) is 11.4. The van der Waals surface area contributed by atoms with Crippen LogP contribution in [0.3, 0.4) is 0 Å². The van der Waals surface area contributed by atoms with Gasteiger partial charge in [-0.3, -0.25) is 9.59 Å². The van der Waals surface area contributed by atoms with Gasteiger partial charge in [-0.15, -0.1) is 15.3 Å². The number of carbonyl (C=O) groups is 3. The first-order valence-electron chi connectivity index (χ1n) is 14.6. The zero-order valence-corrected chi connectivity index (χ0v) is 25.9. The van der Waals surface area contributed by atoms with Crippen LogP contribution < -0.4 is 16.0 Å². The van der Waals surface area contributed by atoms with E-state index in [4.69, 9.17) is 4.74 Å². The lowest BCUT2D eigenvalue weighted by atomic mass is 10.0. The summed E-state index contributed by atoms with van der Waals surface area (Å²) in [6, 6.07) is 20.5.